The Hall–Kier alpha value is -0.800. The molecule has 0 aromatic rings. The number of hydrogen-bond acceptors (Lipinski definition) is 3. The van der Waals surface area contributed by atoms with E-state index < -0.39 is 11.9 Å². The maximum absolute atomic E-state index is 11.8. The Balaban J connectivity index is 1.87. The van der Waals surface area contributed by atoms with Gasteiger partial charge in [-0.25, -0.2) is 0 Å². The van der Waals surface area contributed by atoms with E-state index in [1.807, 2.05) is 0 Å². The average Bonchev–Trinajstić information content (AvgIpc) is 2.40. The molecule has 0 fully saturated rings. The second-order valence-electron chi connectivity index (χ2n) is 4.91. The fourth-order valence-electron chi connectivity index (χ4n) is 2.22. The third-order valence-corrected chi connectivity index (χ3v) is 4.15. The van der Waals surface area contributed by atoms with Crippen LogP contribution in [0.4, 0.5) is 0 Å². The molecule has 0 amide bonds. The summed E-state index contributed by atoms with van der Waals surface area (Å²) in [7, 11) is 0. The number of hydrogen-bond donors (Lipinski definition) is 0. The highest BCUT2D eigenvalue weighted by Gasteiger charge is 2.28. The fraction of sp³-hybridized carbons (Fsp3) is 0.571. The van der Waals surface area contributed by atoms with Crippen molar-refractivity contribution in [1.29, 1.82) is 0 Å². The summed E-state index contributed by atoms with van der Waals surface area (Å²) in [6.07, 6.45) is 9.71. The van der Waals surface area contributed by atoms with E-state index in [1.165, 1.54) is 0 Å². The molecule has 0 saturated heterocycles. The van der Waals surface area contributed by atoms with Crippen molar-refractivity contribution < 1.29 is 14.3 Å². The maximum Gasteiger partial charge on any atom is 0.320 e. The van der Waals surface area contributed by atoms with Gasteiger partial charge in [-0.15, -0.1) is 23.2 Å². The van der Waals surface area contributed by atoms with Crippen molar-refractivity contribution in [2.75, 3.05) is 0 Å². The Kier molecular flexibility index (Phi) is 5.06. The topological polar surface area (TPSA) is 43.4 Å². The van der Waals surface area contributed by atoms with Crippen LogP contribution in [-0.2, 0) is 14.3 Å². The van der Waals surface area contributed by atoms with E-state index in [2.05, 4.69) is 0 Å². The van der Waals surface area contributed by atoms with Crippen LogP contribution >= 0.6 is 23.2 Å². The molecule has 104 valence electrons. The van der Waals surface area contributed by atoms with Crippen LogP contribution in [0.3, 0.4) is 0 Å². The molecular formula is C14H16Cl2O3. The summed E-state index contributed by atoms with van der Waals surface area (Å²) in [4.78, 5) is 23.7. The predicted octanol–water partition coefficient (Wildman–Crippen LogP) is 3.20. The molecule has 19 heavy (non-hydrogen) atoms. The number of halogens is 2. The number of rotatable bonds is 2. The first-order valence-electron chi connectivity index (χ1n) is 6.46. The first-order chi connectivity index (χ1) is 9.06. The van der Waals surface area contributed by atoms with Gasteiger partial charge in [0.15, 0.2) is 0 Å². The van der Waals surface area contributed by atoms with E-state index >= 15 is 0 Å². The summed E-state index contributed by atoms with van der Waals surface area (Å²) in [6, 6.07) is 0. The average molecular weight is 303 g/mol. The Labute approximate surface area is 122 Å². The zero-order valence-corrected chi connectivity index (χ0v) is 11.9. The van der Waals surface area contributed by atoms with E-state index in [4.69, 9.17) is 27.9 Å². The Morgan fingerprint density at radius 1 is 0.789 bits per heavy atom. The number of ether oxygens (including phenoxy) is 1. The second-order valence-corrected chi connectivity index (χ2v) is 6.03. The van der Waals surface area contributed by atoms with Crippen LogP contribution in [0.2, 0.25) is 0 Å². The number of esters is 2. The maximum atomic E-state index is 11.8. The molecule has 0 aliphatic heterocycles. The molecular weight excluding hydrogens is 287 g/mol. The molecule has 3 nitrogen and oxygen atoms in total. The first-order valence-corrected chi connectivity index (χ1v) is 7.34. The highest BCUT2D eigenvalue weighted by molar-refractivity contribution is 6.22. The van der Waals surface area contributed by atoms with Crippen molar-refractivity contribution in [2.24, 2.45) is 11.8 Å². The highest BCUT2D eigenvalue weighted by atomic mass is 35.5. The van der Waals surface area contributed by atoms with Crippen LogP contribution in [0.15, 0.2) is 24.3 Å². The molecule has 0 radical (unpaired) electrons. The van der Waals surface area contributed by atoms with Crippen LogP contribution in [0.1, 0.15) is 25.7 Å². The normalized spacial score (nSPS) is 34.0. The summed E-state index contributed by atoms with van der Waals surface area (Å²) in [5, 5.41) is -0.0524. The van der Waals surface area contributed by atoms with Gasteiger partial charge in [0.05, 0.1) is 22.6 Å². The number of carbonyl (C=O) groups excluding carboxylic acids is 2. The Bertz CT molecular complexity index is 379. The third kappa shape index (κ3) is 4.08. The van der Waals surface area contributed by atoms with Gasteiger partial charge >= 0.3 is 11.9 Å². The van der Waals surface area contributed by atoms with Crippen molar-refractivity contribution >= 4 is 35.1 Å². The quantitative estimate of drug-likeness (QED) is 0.340. The molecule has 0 aromatic heterocycles. The summed E-state index contributed by atoms with van der Waals surface area (Å²) in [5.41, 5.74) is 0. The number of alkyl halides is 2. The number of carbonyl (C=O) groups is 2. The molecule has 0 saturated carbocycles. The molecule has 0 spiro atoms. The van der Waals surface area contributed by atoms with Gasteiger partial charge in [-0.3, -0.25) is 9.59 Å². The Morgan fingerprint density at radius 2 is 1.21 bits per heavy atom. The lowest BCUT2D eigenvalue weighted by Crippen LogP contribution is -2.27. The SMILES string of the molecule is O=C(OC(=O)C1C=CC(Cl)CC1)C1C=CC(Cl)CC1. The van der Waals surface area contributed by atoms with Crippen molar-refractivity contribution in [3.05, 3.63) is 24.3 Å². The lowest BCUT2D eigenvalue weighted by Gasteiger charge is -2.20. The van der Waals surface area contributed by atoms with Gasteiger partial charge < -0.3 is 4.74 Å². The molecule has 5 heteroatoms. The highest BCUT2D eigenvalue weighted by Crippen LogP contribution is 2.25. The zero-order chi connectivity index (χ0) is 13.8. The minimum absolute atomic E-state index is 0.0262. The van der Waals surface area contributed by atoms with Crippen LogP contribution in [-0.4, -0.2) is 22.7 Å². The first kappa shape index (κ1) is 14.6. The Morgan fingerprint density at radius 3 is 1.53 bits per heavy atom. The van der Waals surface area contributed by atoms with Crippen molar-refractivity contribution in [3.63, 3.8) is 0 Å². The van der Waals surface area contributed by atoms with E-state index in [1.54, 1.807) is 24.3 Å². The van der Waals surface area contributed by atoms with Gasteiger partial charge in [0.2, 0.25) is 0 Å². The second kappa shape index (κ2) is 6.58. The van der Waals surface area contributed by atoms with Crippen LogP contribution in [0.5, 0.6) is 0 Å². The van der Waals surface area contributed by atoms with Gasteiger partial charge in [0.1, 0.15) is 0 Å². The minimum Gasteiger partial charge on any atom is -0.392 e. The van der Waals surface area contributed by atoms with Crippen LogP contribution < -0.4 is 0 Å². The smallest absolute Gasteiger partial charge is 0.320 e. The zero-order valence-electron chi connectivity index (χ0n) is 10.4. The monoisotopic (exact) mass is 302 g/mol. The molecule has 0 bridgehead atoms. The largest absolute Gasteiger partial charge is 0.392 e. The van der Waals surface area contributed by atoms with E-state index in [0.29, 0.717) is 12.8 Å². The summed E-state index contributed by atoms with van der Waals surface area (Å²) < 4.78 is 4.93. The molecule has 2 aliphatic carbocycles. The molecule has 4 atom stereocenters. The number of allylic oxidation sites excluding steroid dienone is 2. The summed E-state index contributed by atoms with van der Waals surface area (Å²) in [6.45, 7) is 0. The molecule has 0 heterocycles. The van der Waals surface area contributed by atoms with E-state index in [-0.39, 0.29) is 22.6 Å². The van der Waals surface area contributed by atoms with Gasteiger partial charge in [-0.1, -0.05) is 24.3 Å². The molecule has 0 aromatic carbocycles. The lowest BCUT2D eigenvalue weighted by atomic mass is 9.94. The third-order valence-electron chi connectivity index (χ3n) is 3.42. The van der Waals surface area contributed by atoms with Crippen molar-refractivity contribution in [1.82, 2.24) is 0 Å². The van der Waals surface area contributed by atoms with Crippen molar-refractivity contribution in [3.8, 4) is 0 Å². The molecule has 2 aliphatic rings. The van der Waals surface area contributed by atoms with E-state index in [0.717, 1.165) is 12.8 Å². The fourth-order valence-corrected chi connectivity index (χ4v) is 2.64. The summed E-state index contributed by atoms with van der Waals surface area (Å²) >= 11 is 11.8. The van der Waals surface area contributed by atoms with Gasteiger partial charge in [0, 0.05) is 0 Å². The predicted molar refractivity (Wildman–Crippen MR) is 74.1 cm³/mol. The van der Waals surface area contributed by atoms with Gasteiger partial charge in [-0.05, 0) is 25.7 Å². The summed E-state index contributed by atoms with van der Waals surface area (Å²) in [5.74, 6) is -1.67. The van der Waals surface area contributed by atoms with Crippen LogP contribution in [0, 0.1) is 11.8 Å². The van der Waals surface area contributed by atoms with Crippen LogP contribution in [0.25, 0.3) is 0 Å². The molecule has 4 unspecified atom stereocenters. The van der Waals surface area contributed by atoms with Crippen molar-refractivity contribution in [2.45, 2.75) is 36.4 Å². The lowest BCUT2D eigenvalue weighted by molar-refractivity contribution is -0.163. The molecule has 2 rings (SSSR count). The standard InChI is InChI=1S/C14H16Cl2O3/c15-11-5-1-9(2-6-11)13(17)19-14(18)10-3-7-12(16)8-4-10/h1,3,5,7,9-12H,2,4,6,8H2. The van der Waals surface area contributed by atoms with E-state index in [9.17, 15) is 9.59 Å². The molecule has 0 N–H and O–H groups in total. The van der Waals surface area contributed by atoms with Gasteiger partial charge in [-0.2, -0.15) is 0 Å². The van der Waals surface area contributed by atoms with Gasteiger partial charge in [0.25, 0.3) is 0 Å². The minimum atomic E-state index is -0.480.